The molecule has 3 aliphatic rings. The Bertz CT molecular complexity index is 833. The number of alkyl halides is 3. The van der Waals surface area contributed by atoms with Crippen LogP contribution in [0.25, 0.3) is 0 Å². The fourth-order valence-electron chi connectivity index (χ4n) is 3.30. The Morgan fingerprint density at radius 2 is 1.87 bits per heavy atom. The second-order valence-electron chi connectivity index (χ2n) is 7.70. The molecule has 3 heterocycles. The fraction of sp³-hybridized carbons (Fsp3) is 0.706. The second-order valence-corrected chi connectivity index (χ2v) is 9.74. The van der Waals surface area contributed by atoms with Crippen LogP contribution in [-0.2, 0) is 19.6 Å². The molecule has 0 bridgehead atoms. The van der Waals surface area contributed by atoms with Crippen molar-refractivity contribution in [3.63, 3.8) is 0 Å². The van der Waals surface area contributed by atoms with Crippen molar-refractivity contribution in [1.29, 1.82) is 0 Å². The predicted molar refractivity (Wildman–Crippen MR) is 99.3 cm³/mol. The lowest BCUT2D eigenvalue weighted by atomic mass is 9.83. The average molecular weight is 452 g/mol. The van der Waals surface area contributed by atoms with E-state index in [1.54, 1.807) is 12.4 Å². The summed E-state index contributed by atoms with van der Waals surface area (Å²) in [5.41, 5.74) is -0.0922. The van der Waals surface area contributed by atoms with Crippen LogP contribution in [0.1, 0.15) is 25.7 Å². The summed E-state index contributed by atoms with van der Waals surface area (Å²) >= 11 is 0. The Labute approximate surface area is 171 Å². The number of hydrogen-bond donors (Lipinski definition) is 2. The van der Waals surface area contributed by atoms with Crippen molar-refractivity contribution in [2.75, 3.05) is 31.1 Å². The molecule has 1 aromatic heterocycles. The first-order chi connectivity index (χ1) is 14.0. The van der Waals surface area contributed by atoms with Gasteiger partial charge in [-0.2, -0.15) is 13.2 Å². The third-order valence-electron chi connectivity index (χ3n) is 5.21. The third kappa shape index (κ3) is 5.79. The van der Waals surface area contributed by atoms with E-state index in [9.17, 15) is 21.6 Å². The summed E-state index contributed by atoms with van der Waals surface area (Å²) in [4.78, 5) is 19.5. The highest BCUT2D eigenvalue weighted by atomic mass is 32.2. The van der Waals surface area contributed by atoms with Crippen molar-refractivity contribution in [2.45, 2.75) is 42.7 Å². The number of nitrogens with zero attached hydrogens (tertiary/aromatic N) is 3. The van der Waals surface area contributed by atoms with Crippen LogP contribution < -0.4 is 9.62 Å². The topological polar surface area (TPSA) is 122 Å². The predicted octanol–water partition coefficient (Wildman–Crippen LogP) is 1.18. The number of nitrogens with one attached hydrogen (secondary N) is 1. The summed E-state index contributed by atoms with van der Waals surface area (Å²) in [6.45, 7) is 2.76. The zero-order valence-electron chi connectivity index (χ0n) is 16.0. The average Bonchev–Trinajstić information content (AvgIpc) is 3.51. The molecule has 3 fully saturated rings. The van der Waals surface area contributed by atoms with Gasteiger partial charge in [0.25, 0.3) is 0 Å². The highest BCUT2D eigenvalue weighted by Gasteiger charge is 2.47. The number of aromatic nitrogens is 2. The van der Waals surface area contributed by atoms with E-state index in [1.165, 1.54) is 0 Å². The van der Waals surface area contributed by atoms with Crippen molar-refractivity contribution in [3.05, 3.63) is 18.5 Å². The van der Waals surface area contributed by atoms with E-state index in [4.69, 9.17) is 14.6 Å². The Balaban J connectivity index is 0.000000318. The van der Waals surface area contributed by atoms with E-state index in [-0.39, 0.29) is 16.8 Å². The normalized spacial score (nSPS) is 23.3. The summed E-state index contributed by atoms with van der Waals surface area (Å²) in [6, 6.07) is 1.81. The number of hydrogen-bond acceptors (Lipinski definition) is 7. The van der Waals surface area contributed by atoms with E-state index in [1.807, 2.05) is 6.07 Å². The SMILES string of the molecule is O=C(O)C(F)(F)F.O=S(=O)(NCC1CCC2(CN(c3ncccn3)C2)OC1)C1CC1. The molecule has 1 spiro atoms. The number of aliphatic carboxylic acids is 1. The Morgan fingerprint density at radius 1 is 1.27 bits per heavy atom. The summed E-state index contributed by atoms with van der Waals surface area (Å²) < 4.78 is 64.3. The molecule has 1 aromatic rings. The van der Waals surface area contributed by atoms with Crippen molar-refractivity contribution in [2.24, 2.45) is 5.92 Å². The van der Waals surface area contributed by atoms with Gasteiger partial charge < -0.3 is 14.7 Å². The standard InChI is InChI=1S/C15H22N4O3S.C2HF3O2/c20-23(21,13-2-3-13)18-8-12-4-5-15(22-9-12)10-19(11-15)14-16-6-1-7-17-14;3-2(4,5)1(6)7/h1,6-7,12-13,18H,2-5,8-11H2;(H,6,7). The lowest BCUT2D eigenvalue weighted by Crippen LogP contribution is -2.65. The minimum atomic E-state index is -5.08. The number of halogens is 3. The van der Waals surface area contributed by atoms with E-state index in [0.29, 0.717) is 13.2 Å². The van der Waals surface area contributed by atoms with E-state index in [2.05, 4.69) is 19.6 Å². The van der Waals surface area contributed by atoms with Gasteiger partial charge in [0.2, 0.25) is 16.0 Å². The molecular formula is C17H23F3N4O5S. The molecule has 1 unspecified atom stereocenters. The molecule has 13 heteroatoms. The molecule has 168 valence electrons. The Kier molecular flexibility index (Phi) is 6.53. The minimum Gasteiger partial charge on any atom is -0.475 e. The van der Waals surface area contributed by atoms with Gasteiger partial charge in [-0.3, -0.25) is 0 Å². The Hall–Kier alpha value is -1.99. The van der Waals surface area contributed by atoms with Crippen molar-refractivity contribution >= 4 is 21.9 Å². The summed E-state index contributed by atoms with van der Waals surface area (Å²) in [5, 5.41) is 6.98. The third-order valence-corrected chi connectivity index (χ3v) is 7.12. The van der Waals surface area contributed by atoms with Gasteiger partial charge >= 0.3 is 12.1 Å². The number of carbonyl (C=O) groups is 1. The molecule has 2 saturated heterocycles. The summed E-state index contributed by atoms with van der Waals surface area (Å²) in [5.74, 6) is -1.73. The highest BCUT2D eigenvalue weighted by molar-refractivity contribution is 7.90. The molecule has 30 heavy (non-hydrogen) atoms. The van der Waals surface area contributed by atoms with Crippen LogP contribution in [0.15, 0.2) is 18.5 Å². The lowest BCUT2D eigenvalue weighted by molar-refractivity contribution is -0.192. The first kappa shape index (κ1) is 22.7. The quantitative estimate of drug-likeness (QED) is 0.683. The van der Waals surface area contributed by atoms with Gasteiger partial charge in [0, 0.05) is 18.9 Å². The molecule has 1 aliphatic carbocycles. The van der Waals surface area contributed by atoms with Crippen LogP contribution in [0.2, 0.25) is 0 Å². The van der Waals surface area contributed by atoms with Gasteiger partial charge in [0.1, 0.15) is 5.60 Å². The maximum Gasteiger partial charge on any atom is 0.490 e. The largest absolute Gasteiger partial charge is 0.490 e. The molecule has 0 aromatic carbocycles. The minimum absolute atomic E-state index is 0.0922. The molecule has 9 nitrogen and oxygen atoms in total. The molecule has 2 aliphatic heterocycles. The molecule has 0 amide bonds. The van der Waals surface area contributed by atoms with E-state index >= 15 is 0 Å². The Morgan fingerprint density at radius 3 is 2.33 bits per heavy atom. The summed E-state index contributed by atoms with van der Waals surface area (Å²) in [6.07, 6.45) is 1.98. The smallest absolute Gasteiger partial charge is 0.475 e. The number of carboxylic acid groups (broad SMARTS) is 1. The number of ether oxygens (including phenoxy) is 1. The lowest BCUT2D eigenvalue weighted by Gasteiger charge is -2.52. The van der Waals surface area contributed by atoms with Crippen LogP contribution in [-0.4, -0.2) is 72.7 Å². The monoisotopic (exact) mass is 452 g/mol. The van der Waals surface area contributed by atoms with E-state index < -0.39 is 22.2 Å². The molecule has 4 rings (SSSR count). The van der Waals surface area contributed by atoms with Gasteiger partial charge in [0.15, 0.2) is 0 Å². The highest BCUT2D eigenvalue weighted by Crippen LogP contribution is 2.37. The first-order valence-corrected chi connectivity index (χ1v) is 11.0. The fourth-order valence-corrected chi connectivity index (χ4v) is 4.76. The van der Waals surface area contributed by atoms with Gasteiger partial charge in [-0.25, -0.2) is 27.9 Å². The van der Waals surface area contributed by atoms with Crippen LogP contribution in [0.4, 0.5) is 19.1 Å². The molecular weight excluding hydrogens is 429 g/mol. The number of anilines is 1. The molecule has 1 atom stereocenters. The second kappa shape index (κ2) is 8.63. The van der Waals surface area contributed by atoms with Crippen molar-refractivity contribution < 1.29 is 36.2 Å². The van der Waals surface area contributed by atoms with E-state index in [0.717, 1.165) is 44.7 Å². The maximum absolute atomic E-state index is 11.9. The number of carboxylic acids is 1. The van der Waals surface area contributed by atoms with Crippen LogP contribution in [0.3, 0.4) is 0 Å². The van der Waals surface area contributed by atoms with Crippen LogP contribution in [0.5, 0.6) is 0 Å². The zero-order valence-corrected chi connectivity index (χ0v) is 16.8. The van der Waals surface area contributed by atoms with Crippen molar-refractivity contribution in [1.82, 2.24) is 14.7 Å². The molecule has 1 saturated carbocycles. The molecule has 2 N–H and O–H groups in total. The number of rotatable bonds is 5. The van der Waals surface area contributed by atoms with Gasteiger partial charge in [0.05, 0.1) is 24.9 Å². The molecule has 0 radical (unpaired) electrons. The summed E-state index contributed by atoms with van der Waals surface area (Å²) in [7, 11) is -3.08. The first-order valence-electron chi connectivity index (χ1n) is 9.45. The van der Waals surface area contributed by atoms with Crippen molar-refractivity contribution in [3.8, 4) is 0 Å². The van der Waals surface area contributed by atoms with Gasteiger partial charge in [-0.1, -0.05) is 0 Å². The van der Waals surface area contributed by atoms with Crippen LogP contribution in [0, 0.1) is 5.92 Å². The van der Waals surface area contributed by atoms with Crippen LogP contribution >= 0.6 is 0 Å². The maximum atomic E-state index is 11.9. The number of sulfonamides is 1. The van der Waals surface area contributed by atoms with Gasteiger partial charge in [-0.05, 0) is 37.7 Å². The van der Waals surface area contributed by atoms with Gasteiger partial charge in [-0.15, -0.1) is 0 Å². The zero-order chi connectivity index (χ0) is 22.0.